The summed E-state index contributed by atoms with van der Waals surface area (Å²) < 4.78 is 0. The van der Waals surface area contributed by atoms with E-state index in [1.165, 1.54) is 33.0 Å². The summed E-state index contributed by atoms with van der Waals surface area (Å²) in [6, 6.07) is 0. The number of hydrogen-bond acceptors (Lipinski definition) is 0. The number of hydrogen-bond donors (Lipinski definition) is 0. The van der Waals surface area contributed by atoms with Crippen molar-refractivity contribution in [1.82, 2.24) is 0 Å². The summed E-state index contributed by atoms with van der Waals surface area (Å²) in [4.78, 5) is 0. The van der Waals surface area contributed by atoms with Crippen LogP contribution in [0.2, 0.25) is 10.6 Å². The molecule has 0 nitrogen and oxygen atoms in total. The normalized spacial score (nSPS) is 43.2. The Labute approximate surface area is 83.7 Å². The molecular formula is C12H23B. The lowest BCUT2D eigenvalue weighted by atomic mass is 9.44. The molecule has 13 heavy (non-hydrogen) atoms. The Kier molecular flexibility index (Phi) is 2.05. The maximum Gasteiger partial charge on any atom is 0.136 e. The predicted molar refractivity (Wildman–Crippen MR) is 60.7 cm³/mol. The van der Waals surface area contributed by atoms with Crippen molar-refractivity contribution < 1.29 is 0 Å². The molecule has 2 heterocycles. The van der Waals surface area contributed by atoms with Crippen LogP contribution in [0, 0.1) is 11.8 Å². The van der Waals surface area contributed by atoms with E-state index in [0.717, 1.165) is 22.5 Å². The van der Waals surface area contributed by atoms with Crippen LogP contribution in [0.3, 0.4) is 0 Å². The number of fused-ring (bicyclic) bond motifs is 2. The molecule has 2 fully saturated rings. The van der Waals surface area contributed by atoms with Crippen molar-refractivity contribution in [3.05, 3.63) is 0 Å². The van der Waals surface area contributed by atoms with E-state index in [1.807, 2.05) is 0 Å². The number of rotatable bonds is 2. The third kappa shape index (κ3) is 1.19. The Morgan fingerprint density at radius 3 is 1.23 bits per heavy atom. The lowest BCUT2D eigenvalue weighted by Crippen LogP contribution is -2.21. The summed E-state index contributed by atoms with van der Waals surface area (Å²) in [5.74, 6) is 1.83. The highest BCUT2D eigenvalue weighted by atomic mass is 14.5. The summed E-state index contributed by atoms with van der Waals surface area (Å²) in [6.07, 6.45) is 6.07. The topological polar surface area (TPSA) is 0 Å². The van der Waals surface area contributed by atoms with E-state index in [4.69, 9.17) is 0 Å². The van der Waals surface area contributed by atoms with Crippen molar-refractivity contribution >= 4 is 7.28 Å². The van der Waals surface area contributed by atoms with Gasteiger partial charge in [0.25, 0.3) is 0 Å². The largest absolute Gasteiger partial charge is 0.136 e. The molecule has 0 saturated carbocycles. The van der Waals surface area contributed by atoms with Gasteiger partial charge >= 0.3 is 0 Å². The summed E-state index contributed by atoms with van der Waals surface area (Å²) in [5.41, 5.74) is 0. The molecule has 2 saturated heterocycles. The first-order valence-electron chi connectivity index (χ1n) is 6.01. The summed E-state index contributed by atoms with van der Waals surface area (Å²) in [5, 5.41) is 1.51. The third-order valence-electron chi connectivity index (χ3n) is 5.40. The highest BCUT2D eigenvalue weighted by Gasteiger charge is 2.56. The van der Waals surface area contributed by atoms with Gasteiger partial charge in [-0.3, -0.25) is 0 Å². The quantitative estimate of drug-likeness (QED) is 0.566. The summed E-state index contributed by atoms with van der Waals surface area (Å²) in [7, 11) is 1.54. The average molecular weight is 178 g/mol. The molecular weight excluding hydrogens is 155 g/mol. The Balaban J connectivity index is 2.19. The smallest absolute Gasteiger partial charge is 0.0629 e. The molecule has 0 spiro atoms. The molecule has 0 aliphatic carbocycles. The fourth-order valence-corrected chi connectivity index (χ4v) is 3.86. The molecule has 2 bridgehead atoms. The molecule has 0 aromatic rings. The first-order valence-corrected chi connectivity index (χ1v) is 6.01. The van der Waals surface area contributed by atoms with Gasteiger partial charge in [0.1, 0.15) is 7.28 Å². The lowest BCUT2D eigenvalue weighted by Gasteiger charge is -2.33. The van der Waals surface area contributed by atoms with Crippen LogP contribution >= 0.6 is 0 Å². The molecule has 0 radical (unpaired) electrons. The van der Waals surface area contributed by atoms with Gasteiger partial charge in [-0.2, -0.15) is 0 Å². The first-order chi connectivity index (χ1) is 6.01. The first kappa shape index (κ1) is 9.61. The highest BCUT2D eigenvalue weighted by Crippen LogP contribution is 2.69. The van der Waals surface area contributed by atoms with Crippen LogP contribution < -0.4 is 0 Å². The molecule has 1 heteroatoms. The zero-order valence-electron chi connectivity index (χ0n) is 9.69. The maximum absolute atomic E-state index is 2.43. The van der Waals surface area contributed by atoms with Crippen LogP contribution in [0.25, 0.3) is 0 Å². The highest BCUT2D eigenvalue weighted by molar-refractivity contribution is 6.47. The lowest BCUT2D eigenvalue weighted by molar-refractivity contribution is 0.275. The molecule has 0 amide bonds. The van der Waals surface area contributed by atoms with Crippen molar-refractivity contribution in [2.45, 2.75) is 64.0 Å². The Morgan fingerprint density at radius 1 is 0.769 bits per heavy atom. The van der Waals surface area contributed by atoms with Crippen LogP contribution in [0.5, 0.6) is 0 Å². The maximum atomic E-state index is 2.43. The van der Waals surface area contributed by atoms with Crippen LogP contribution in [0.4, 0.5) is 0 Å². The summed E-state index contributed by atoms with van der Waals surface area (Å²) in [6.45, 7) is 9.73. The molecule has 0 N–H and O–H groups in total. The minimum atomic E-state index is 0.754. The molecule has 0 aromatic heterocycles. The minimum absolute atomic E-state index is 0.754. The van der Waals surface area contributed by atoms with Crippen LogP contribution in [-0.4, -0.2) is 7.28 Å². The van der Waals surface area contributed by atoms with Gasteiger partial charge in [0, 0.05) is 0 Å². The molecule has 74 valence electrons. The average Bonchev–Trinajstić information content (AvgIpc) is 2.61. The van der Waals surface area contributed by atoms with E-state index in [9.17, 15) is 0 Å². The van der Waals surface area contributed by atoms with Crippen LogP contribution in [0.15, 0.2) is 0 Å². The Bertz CT molecular complexity index is 175. The van der Waals surface area contributed by atoms with Crippen molar-refractivity contribution in [3.63, 3.8) is 0 Å². The van der Waals surface area contributed by atoms with Gasteiger partial charge in [-0.25, -0.2) is 0 Å². The van der Waals surface area contributed by atoms with E-state index < -0.39 is 0 Å². The second kappa shape index (κ2) is 2.78. The monoisotopic (exact) mass is 178 g/mol. The van der Waals surface area contributed by atoms with E-state index in [-0.39, 0.29) is 0 Å². The van der Waals surface area contributed by atoms with Gasteiger partial charge in [-0.05, 0) is 11.8 Å². The third-order valence-corrected chi connectivity index (χ3v) is 5.40. The van der Waals surface area contributed by atoms with Gasteiger partial charge in [0.15, 0.2) is 0 Å². The zero-order valence-corrected chi connectivity index (χ0v) is 9.69. The van der Waals surface area contributed by atoms with E-state index >= 15 is 0 Å². The fourth-order valence-electron chi connectivity index (χ4n) is 3.86. The second-order valence-electron chi connectivity index (χ2n) is 6.21. The minimum Gasteiger partial charge on any atom is -0.0629 e. The van der Waals surface area contributed by atoms with Crippen molar-refractivity contribution in [2.24, 2.45) is 11.8 Å². The standard InChI is InChI=1S/C12H23B/c1-9(2)11-5-7-12(13-11,8-6-11)10(3)4/h9-10,13H,5-8H2,1-4H3. The van der Waals surface area contributed by atoms with Gasteiger partial charge in [0.2, 0.25) is 0 Å². The molecule has 2 aliphatic rings. The van der Waals surface area contributed by atoms with Crippen molar-refractivity contribution in [2.75, 3.05) is 0 Å². The van der Waals surface area contributed by atoms with Crippen LogP contribution in [0.1, 0.15) is 53.4 Å². The van der Waals surface area contributed by atoms with Crippen molar-refractivity contribution in [3.8, 4) is 0 Å². The van der Waals surface area contributed by atoms with E-state index in [1.54, 1.807) is 0 Å². The molecule has 0 atom stereocenters. The predicted octanol–water partition coefficient (Wildman–Crippen LogP) is 3.64. The molecule has 2 rings (SSSR count). The SMILES string of the molecule is CC(C)C12BC(C(C)C)(CC1)CC2. The van der Waals surface area contributed by atoms with Gasteiger partial charge < -0.3 is 0 Å². The van der Waals surface area contributed by atoms with E-state index in [0.29, 0.717) is 0 Å². The van der Waals surface area contributed by atoms with Gasteiger partial charge in [-0.15, -0.1) is 0 Å². The zero-order chi connectivity index (χ0) is 9.69. The van der Waals surface area contributed by atoms with Crippen LogP contribution in [-0.2, 0) is 0 Å². The molecule has 0 unspecified atom stereocenters. The van der Waals surface area contributed by atoms with Gasteiger partial charge in [0.05, 0.1) is 0 Å². The Hall–Kier alpha value is 0.0649. The van der Waals surface area contributed by atoms with Crippen molar-refractivity contribution in [1.29, 1.82) is 0 Å². The fraction of sp³-hybridized carbons (Fsp3) is 1.00. The molecule has 2 aliphatic heterocycles. The van der Waals surface area contributed by atoms with E-state index in [2.05, 4.69) is 27.7 Å². The van der Waals surface area contributed by atoms with Gasteiger partial charge in [-0.1, -0.05) is 64.0 Å². The second-order valence-corrected chi connectivity index (χ2v) is 6.21. The summed E-state index contributed by atoms with van der Waals surface area (Å²) >= 11 is 0. The molecule has 0 aromatic carbocycles. The Morgan fingerprint density at radius 2 is 1.08 bits per heavy atom.